The number of carbonyl (C=O) groups is 2. The first-order chi connectivity index (χ1) is 5.99. The monoisotopic (exact) mass is 204 g/mol. The second-order valence-electron chi connectivity index (χ2n) is 2.25. The molecule has 0 aromatic rings. The molecule has 0 aliphatic carbocycles. The maximum Gasteiger partial charge on any atom is 0.442 e. The maximum absolute atomic E-state index is 11.0. The molecule has 5 nitrogen and oxygen atoms in total. The van der Waals surface area contributed by atoms with E-state index in [1.165, 1.54) is 25.7 Å². The van der Waals surface area contributed by atoms with Crippen LogP contribution in [0.25, 0.3) is 0 Å². The van der Waals surface area contributed by atoms with Crippen LogP contribution < -0.4 is 0 Å². The summed E-state index contributed by atoms with van der Waals surface area (Å²) < 4.78 is 0. The Kier molecular flexibility index (Phi) is 5.13. The second-order valence-corrected chi connectivity index (χ2v) is 3.25. The molecule has 13 heavy (non-hydrogen) atoms. The molecular formula is C7H12N2O3S. The fourth-order valence-corrected chi connectivity index (χ4v) is 0.442. The van der Waals surface area contributed by atoms with Gasteiger partial charge in [-0.25, -0.2) is 9.69 Å². The number of nitrogens with zero attached hydrogens (tertiary/aromatic N) is 2. The van der Waals surface area contributed by atoms with Gasteiger partial charge in [-0.2, -0.15) is 0 Å². The number of amides is 2. The van der Waals surface area contributed by atoms with Crippen LogP contribution >= 0.6 is 11.8 Å². The summed E-state index contributed by atoms with van der Waals surface area (Å²) in [6.07, 6.45) is 1.03. The third-order valence-corrected chi connectivity index (χ3v) is 1.96. The minimum atomic E-state index is -0.777. The van der Waals surface area contributed by atoms with E-state index in [1.807, 2.05) is 0 Å². The van der Waals surface area contributed by atoms with Crippen LogP contribution in [0.4, 0.5) is 4.79 Å². The summed E-state index contributed by atoms with van der Waals surface area (Å²) in [5.74, 6) is -0.387. The van der Waals surface area contributed by atoms with E-state index in [2.05, 4.69) is 9.99 Å². The Morgan fingerprint density at radius 1 is 1.38 bits per heavy atom. The van der Waals surface area contributed by atoms with Crippen molar-refractivity contribution < 1.29 is 14.4 Å². The quantitative estimate of drug-likeness (QED) is 0.279. The van der Waals surface area contributed by atoms with Crippen LogP contribution in [0.15, 0.2) is 5.16 Å². The van der Waals surface area contributed by atoms with E-state index < -0.39 is 6.09 Å². The molecule has 2 amide bonds. The Morgan fingerprint density at radius 3 is 2.31 bits per heavy atom. The molecule has 0 fully saturated rings. The molecule has 0 saturated carbocycles. The molecule has 0 rings (SSSR count). The molecule has 0 unspecified atom stereocenters. The smallest absolute Gasteiger partial charge is 0.297 e. The largest absolute Gasteiger partial charge is 0.442 e. The average molecular weight is 204 g/mol. The molecule has 74 valence electrons. The van der Waals surface area contributed by atoms with Crippen LogP contribution in [0.1, 0.15) is 13.8 Å². The van der Waals surface area contributed by atoms with Crippen molar-refractivity contribution in [3.8, 4) is 0 Å². The Morgan fingerprint density at radius 2 is 1.92 bits per heavy atom. The Labute approximate surface area is 81.1 Å². The van der Waals surface area contributed by atoms with Crippen LogP contribution in [-0.2, 0) is 9.63 Å². The summed E-state index contributed by atoms with van der Waals surface area (Å²) in [5.41, 5.74) is 0. The van der Waals surface area contributed by atoms with E-state index in [0.717, 1.165) is 4.90 Å². The number of hydrogen-bond donors (Lipinski definition) is 0. The van der Waals surface area contributed by atoms with Crippen molar-refractivity contribution in [2.45, 2.75) is 13.8 Å². The molecular weight excluding hydrogens is 192 g/mol. The summed E-state index contributed by atoms with van der Waals surface area (Å²) in [4.78, 5) is 26.9. The van der Waals surface area contributed by atoms with Gasteiger partial charge in [0.25, 0.3) is 0 Å². The third-order valence-electron chi connectivity index (χ3n) is 1.29. The zero-order valence-electron chi connectivity index (χ0n) is 8.03. The highest BCUT2D eigenvalue weighted by molar-refractivity contribution is 8.13. The van der Waals surface area contributed by atoms with Gasteiger partial charge >= 0.3 is 6.09 Å². The Balaban J connectivity index is 4.09. The standard InChI is InChI=1S/C7H12N2O3S/c1-5(13-4)8-12-7(11)9(3)6(2)10/h1-4H3/b8-5+. The first-order valence-corrected chi connectivity index (χ1v) is 4.75. The molecule has 0 aromatic heterocycles. The topological polar surface area (TPSA) is 59.0 Å². The first-order valence-electron chi connectivity index (χ1n) is 3.53. The van der Waals surface area contributed by atoms with Crippen LogP contribution in [0.5, 0.6) is 0 Å². The zero-order chi connectivity index (χ0) is 10.4. The number of hydrogen-bond acceptors (Lipinski definition) is 5. The molecule has 6 heteroatoms. The van der Waals surface area contributed by atoms with E-state index in [-0.39, 0.29) is 5.91 Å². The lowest BCUT2D eigenvalue weighted by atomic mass is 10.6. The van der Waals surface area contributed by atoms with Gasteiger partial charge in [0.05, 0.1) is 0 Å². The lowest BCUT2D eigenvalue weighted by Gasteiger charge is -2.09. The highest BCUT2D eigenvalue weighted by Crippen LogP contribution is 1.99. The van der Waals surface area contributed by atoms with Gasteiger partial charge in [0.2, 0.25) is 5.91 Å². The summed E-state index contributed by atoms with van der Waals surface area (Å²) in [6, 6.07) is 0. The van der Waals surface area contributed by atoms with Gasteiger partial charge in [0, 0.05) is 14.0 Å². The van der Waals surface area contributed by atoms with Gasteiger partial charge in [-0.15, -0.1) is 11.8 Å². The zero-order valence-corrected chi connectivity index (χ0v) is 8.84. The molecule has 0 N–H and O–H groups in total. The van der Waals surface area contributed by atoms with Crippen molar-refractivity contribution in [1.29, 1.82) is 0 Å². The van der Waals surface area contributed by atoms with Crippen molar-refractivity contribution >= 4 is 28.8 Å². The maximum atomic E-state index is 11.0. The van der Waals surface area contributed by atoms with E-state index in [0.29, 0.717) is 5.04 Å². The van der Waals surface area contributed by atoms with Crippen molar-refractivity contribution in [2.24, 2.45) is 5.16 Å². The normalized spacial score (nSPS) is 10.9. The second kappa shape index (κ2) is 5.58. The molecule has 0 bridgehead atoms. The van der Waals surface area contributed by atoms with Crippen molar-refractivity contribution in [3.63, 3.8) is 0 Å². The van der Waals surface area contributed by atoms with Gasteiger partial charge < -0.3 is 0 Å². The fraction of sp³-hybridized carbons (Fsp3) is 0.571. The number of rotatable bonds is 1. The minimum Gasteiger partial charge on any atom is -0.297 e. The SMILES string of the molecule is CS/C(C)=N/OC(=O)N(C)C(C)=O. The lowest BCUT2D eigenvalue weighted by Crippen LogP contribution is -2.30. The highest BCUT2D eigenvalue weighted by Gasteiger charge is 2.13. The predicted molar refractivity (Wildman–Crippen MR) is 51.5 cm³/mol. The van der Waals surface area contributed by atoms with E-state index in [4.69, 9.17) is 0 Å². The first kappa shape index (κ1) is 12.0. The lowest BCUT2D eigenvalue weighted by molar-refractivity contribution is -0.126. The molecule has 0 saturated heterocycles. The van der Waals surface area contributed by atoms with Crippen LogP contribution in [0.2, 0.25) is 0 Å². The van der Waals surface area contributed by atoms with Gasteiger partial charge in [-0.3, -0.25) is 9.63 Å². The molecule has 0 aliphatic heterocycles. The molecule has 0 atom stereocenters. The summed E-state index contributed by atoms with van der Waals surface area (Å²) in [7, 11) is 1.33. The van der Waals surface area contributed by atoms with E-state index in [9.17, 15) is 9.59 Å². The fourth-order valence-electron chi connectivity index (χ4n) is 0.330. The van der Waals surface area contributed by atoms with Crippen molar-refractivity contribution in [1.82, 2.24) is 4.90 Å². The van der Waals surface area contributed by atoms with Gasteiger partial charge in [0.15, 0.2) is 0 Å². The molecule has 0 heterocycles. The predicted octanol–water partition coefficient (Wildman–Crippen LogP) is 1.30. The Hall–Kier alpha value is -1.04. The molecule has 0 aliphatic rings. The number of oxime groups is 1. The summed E-state index contributed by atoms with van der Waals surface area (Å²) in [5, 5.41) is 4.10. The van der Waals surface area contributed by atoms with E-state index in [1.54, 1.807) is 13.2 Å². The van der Waals surface area contributed by atoms with Crippen LogP contribution in [-0.4, -0.2) is 35.2 Å². The summed E-state index contributed by atoms with van der Waals surface area (Å²) in [6.45, 7) is 2.97. The van der Waals surface area contributed by atoms with Crippen LogP contribution in [0.3, 0.4) is 0 Å². The highest BCUT2D eigenvalue weighted by atomic mass is 32.2. The van der Waals surface area contributed by atoms with Gasteiger partial charge in [-0.1, -0.05) is 5.16 Å². The number of carbonyl (C=O) groups excluding carboxylic acids is 2. The third kappa shape index (κ3) is 4.51. The number of imide groups is 1. The van der Waals surface area contributed by atoms with Crippen LogP contribution in [0, 0.1) is 0 Å². The van der Waals surface area contributed by atoms with Crippen molar-refractivity contribution in [3.05, 3.63) is 0 Å². The average Bonchev–Trinajstić information content (AvgIpc) is 2.11. The van der Waals surface area contributed by atoms with E-state index >= 15 is 0 Å². The van der Waals surface area contributed by atoms with Crippen molar-refractivity contribution in [2.75, 3.05) is 13.3 Å². The minimum absolute atomic E-state index is 0.387. The molecule has 0 aromatic carbocycles. The van der Waals surface area contributed by atoms with Gasteiger partial charge in [0.1, 0.15) is 5.04 Å². The summed E-state index contributed by atoms with van der Waals surface area (Å²) >= 11 is 1.36. The number of thioether (sulfide) groups is 1. The Bertz CT molecular complexity index is 240. The van der Waals surface area contributed by atoms with Gasteiger partial charge in [-0.05, 0) is 13.2 Å². The molecule has 0 radical (unpaired) electrons. The molecule has 0 spiro atoms.